The molecule has 2 heteroatoms. The molecule has 58 valence electrons. The third-order valence-corrected chi connectivity index (χ3v) is 2.53. The molecule has 0 amide bonds. The first kappa shape index (κ1) is 6.65. The van der Waals surface area contributed by atoms with E-state index in [1.807, 2.05) is 6.08 Å². The molecule has 0 aromatic carbocycles. The van der Waals surface area contributed by atoms with E-state index < -0.39 is 0 Å². The highest BCUT2D eigenvalue weighted by Gasteiger charge is 2.44. The fourth-order valence-corrected chi connectivity index (χ4v) is 1.95. The van der Waals surface area contributed by atoms with Crippen molar-refractivity contribution >= 4 is 6.47 Å². The Morgan fingerprint density at radius 1 is 1.82 bits per heavy atom. The van der Waals surface area contributed by atoms with Crippen LogP contribution in [-0.2, 0) is 9.53 Å². The van der Waals surface area contributed by atoms with E-state index in [2.05, 4.69) is 12.7 Å². The van der Waals surface area contributed by atoms with Gasteiger partial charge in [-0.1, -0.05) is 18.2 Å². The van der Waals surface area contributed by atoms with Crippen LogP contribution in [0.1, 0.15) is 12.8 Å². The molecule has 0 aliphatic heterocycles. The maximum absolute atomic E-state index is 10.2. The number of hydrogen-bond donors (Lipinski definition) is 0. The second kappa shape index (κ2) is 1.97. The van der Waals surface area contributed by atoms with Gasteiger partial charge < -0.3 is 4.74 Å². The normalized spacial score (nSPS) is 39.6. The summed E-state index contributed by atoms with van der Waals surface area (Å²) >= 11 is 0. The Morgan fingerprint density at radius 2 is 2.64 bits per heavy atom. The van der Waals surface area contributed by atoms with Gasteiger partial charge >= 0.3 is 0 Å². The highest BCUT2D eigenvalue weighted by atomic mass is 16.5. The average molecular weight is 150 g/mol. The summed E-state index contributed by atoms with van der Waals surface area (Å²) in [7, 11) is 0. The molecule has 1 fully saturated rings. The molecule has 2 nitrogen and oxygen atoms in total. The maximum Gasteiger partial charge on any atom is 0.293 e. The highest BCUT2D eigenvalue weighted by Crippen LogP contribution is 2.47. The SMILES string of the molecule is C=C1CC2(OC=O)C=CC1C2. The fourth-order valence-electron chi connectivity index (χ4n) is 1.95. The number of ether oxygens (including phenoxy) is 1. The zero-order chi connectivity index (χ0) is 7.90. The van der Waals surface area contributed by atoms with Crippen LogP contribution in [0.25, 0.3) is 0 Å². The molecule has 0 N–H and O–H groups in total. The van der Waals surface area contributed by atoms with Gasteiger partial charge in [0.2, 0.25) is 0 Å². The topological polar surface area (TPSA) is 26.3 Å². The molecular formula is C9H10O2. The van der Waals surface area contributed by atoms with Crippen LogP contribution in [0, 0.1) is 5.92 Å². The molecule has 2 rings (SSSR count). The smallest absolute Gasteiger partial charge is 0.293 e. The summed E-state index contributed by atoms with van der Waals surface area (Å²) in [5.41, 5.74) is 0.873. The molecular weight excluding hydrogens is 140 g/mol. The molecule has 2 aliphatic rings. The van der Waals surface area contributed by atoms with E-state index in [9.17, 15) is 4.79 Å². The maximum atomic E-state index is 10.2. The molecule has 0 radical (unpaired) electrons. The number of hydrogen-bond acceptors (Lipinski definition) is 2. The van der Waals surface area contributed by atoms with Crippen molar-refractivity contribution in [1.82, 2.24) is 0 Å². The van der Waals surface area contributed by atoms with E-state index in [4.69, 9.17) is 4.74 Å². The minimum Gasteiger partial charge on any atom is -0.457 e. The molecule has 0 aromatic heterocycles. The van der Waals surface area contributed by atoms with Crippen molar-refractivity contribution in [3.05, 3.63) is 24.3 Å². The molecule has 2 unspecified atom stereocenters. The second-order valence-corrected chi connectivity index (χ2v) is 3.28. The lowest BCUT2D eigenvalue weighted by molar-refractivity contribution is -0.138. The van der Waals surface area contributed by atoms with E-state index in [0.29, 0.717) is 12.4 Å². The second-order valence-electron chi connectivity index (χ2n) is 3.28. The van der Waals surface area contributed by atoms with E-state index >= 15 is 0 Å². The predicted octanol–water partition coefficient (Wildman–Crippen LogP) is 1.43. The molecule has 0 spiro atoms. The molecule has 2 bridgehead atoms. The van der Waals surface area contributed by atoms with Crippen molar-refractivity contribution in [2.24, 2.45) is 5.92 Å². The van der Waals surface area contributed by atoms with Crippen molar-refractivity contribution in [3.63, 3.8) is 0 Å². The average Bonchev–Trinajstić information content (AvgIpc) is 2.44. The number of rotatable bonds is 2. The van der Waals surface area contributed by atoms with Crippen LogP contribution in [0.3, 0.4) is 0 Å². The Bertz CT molecular complexity index is 242. The Hall–Kier alpha value is -1.05. The van der Waals surface area contributed by atoms with Crippen LogP contribution in [0.15, 0.2) is 24.3 Å². The summed E-state index contributed by atoms with van der Waals surface area (Å²) in [5, 5.41) is 0. The predicted molar refractivity (Wildman–Crippen MR) is 40.9 cm³/mol. The first-order valence-electron chi connectivity index (χ1n) is 3.74. The van der Waals surface area contributed by atoms with Crippen LogP contribution in [0.2, 0.25) is 0 Å². The Kier molecular flexibility index (Phi) is 1.19. The quantitative estimate of drug-likeness (QED) is 0.439. The molecule has 0 aromatic rings. The van der Waals surface area contributed by atoms with Crippen molar-refractivity contribution in [2.75, 3.05) is 0 Å². The summed E-state index contributed by atoms with van der Waals surface area (Å²) in [4.78, 5) is 10.2. The van der Waals surface area contributed by atoms with Crippen LogP contribution < -0.4 is 0 Å². The lowest BCUT2D eigenvalue weighted by Gasteiger charge is -2.20. The molecule has 2 aliphatic carbocycles. The van der Waals surface area contributed by atoms with Crippen molar-refractivity contribution in [1.29, 1.82) is 0 Å². The Balaban J connectivity index is 2.24. The Morgan fingerprint density at radius 3 is 3.09 bits per heavy atom. The van der Waals surface area contributed by atoms with E-state index in [1.165, 1.54) is 5.57 Å². The van der Waals surface area contributed by atoms with Crippen LogP contribution in [0.4, 0.5) is 0 Å². The third kappa shape index (κ3) is 0.821. The van der Waals surface area contributed by atoms with E-state index in [-0.39, 0.29) is 5.60 Å². The van der Waals surface area contributed by atoms with Gasteiger partial charge in [0.25, 0.3) is 6.47 Å². The van der Waals surface area contributed by atoms with Crippen molar-refractivity contribution < 1.29 is 9.53 Å². The summed E-state index contributed by atoms with van der Waals surface area (Å²) in [5.74, 6) is 0.454. The van der Waals surface area contributed by atoms with Crippen molar-refractivity contribution in [3.8, 4) is 0 Å². The Labute approximate surface area is 65.5 Å². The van der Waals surface area contributed by atoms with Gasteiger partial charge in [0.05, 0.1) is 0 Å². The monoisotopic (exact) mass is 150 g/mol. The zero-order valence-electron chi connectivity index (χ0n) is 6.25. The van der Waals surface area contributed by atoms with Crippen LogP contribution in [-0.4, -0.2) is 12.1 Å². The molecule has 2 atom stereocenters. The molecule has 0 saturated heterocycles. The van der Waals surface area contributed by atoms with E-state index in [0.717, 1.165) is 12.8 Å². The number of allylic oxidation sites excluding steroid dienone is 1. The fraction of sp³-hybridized carbons (Fsp3) is 0.444. The lowest BCUT2D eigenvalue weighted by Crippen LogP contribution is -2.24. The number of fused-ring (bicyclic) bond motifs is 2. The summed E-state index contributed by atoms with van der Waals surface area (Å²) in [6.07, 6.45) is 5.79. The summed E-state index contributed by atoms with van der Waals surface area (Å²) in [6.45, 7) is 4.45. The summed E-state index contributed by atoms with van der Waals surface area (Å²) in [6, 6.07) is 0. The van der Waals surface area contributed by atoms with Gasteiger partial charge in [0.15, 0.2) is 0 Å². The van der Waals surface area contributed by atoms with Gasteiger partial charge in [-0.25, -0.2) is 0 Å². The number of carbonyl (C=O) groups is 1. The lowest BCUT2D eigenvalue weighted by atomic mass is 10.0. The first-order valence-corrected chi connectivity index (χ1v) is 3.74. The minimum absolute atomic E-state index is 0.316. The number of carbonyl (C=O) groups excluding carboxylic acids is 1. The van der Waals surface area contributed by atoms with Gasteiger partial charge in [-0.3, -0.25) is 4.79 Å². The van der Waals surface area contributed by atoms with Gasteiger partial charge in [-0.15, -0.1) is 0 Å². The highest BCUT2D eigenvalue weighted by molar-refractivity contribution is 5.43. The third-order valence-electron chi connectivity index (χ3n) is 2.53. The summed E-state index contributed by atoms with van der Waals surface area (Å²) < 4.78 is 5.02. The zero-order valence-corrected chi connectivity index (χ0v) is 6.25. The van der Waals surface area contributed by atoms with Gasteiger partial charge in [-0.2, -0.15) is 0 Å². The largest absolute Gasteiger partial charge is 0.457 e. The molecule has 0 heterocycles. The molecule has 11 heavy (non-hydrogen) atoms. The van der Waals surface area contributed by atoms with Gasteiger partial charge in [-0.05, 0) is 6.08 Å². The minimum atomic E-state index is -0.316. The standard InChI is InChI=1S/C9H10O2/c1-7-4-9(11-6-10)3-2-8(7)5-9/h2-3,6,8H,1,4-5H2. The van der Waals surface area contributed by atoms with Gasteiger partial charge in [0.1, 0.15) is 5.60 Å². The first-order chi connectivity index (χ1) is 5.26. The molecule has 1 saturated carbocycles. The van der Waals surface area contributed by atoms with Crippen LogP contribution >= 0.6 is 0 Å². The van der Waals surface area contributed by atoms with Crippen LogP contribution in [0.5, 0.6) is 0 Å². The van der Waals surface area contributed by atoms with Gasteiger partial charge in [0, 0.05) is 18.8 Å². The van der Waals surface area contributed by atoms with Crippen molar-refractivity contribution in [2.45, 2.75) is 18.4 Å². The van der Waals surface area contributed by atoms with E-state index in [1.54, 1.807) is 0 Å².